The van der Waals surface area contributed by atoms with Gasteiger partial charge in [0, 0.05) is 18.2 Å². The quantitative estimate of drug-likeness (QED) is 0.624. The molecule has 0 saturated carbocycles. The molecule has 0 unspecified atom stereocenters. The van der Waals surface area contributed by atoms with Crippen LogP contribution >= 0.6 is 0 Å². The molecule has 0 atom stereocenters. The van der Waals surface area contributed by atoms with Crippen molar-refractivity contribution in [1.29, 1.82) is 0 Å². The van der Waals surface area contributed by atoms with E-state index in [0.717, 1.165) is 6.07 Å². The average Bonchev–Trinajstić information content (AvgIpc) is 2.08. The van der Waals surface area contributed by atoms with E-state index in [2.05, 4.69) is 5.32 Å². The molecule has 0 saturated heterocycles. The maximum atomic E-state index is 13.1. The largest absolute Gasteiger partial charge is 0.380 e. The molecule has 0 amide bonds. The van der Waals surface area contributed by atoms with Crippen molar-refractivity contribution < 1.29 is 13.7 Å². The van der Waals surface area contributed by atoms with Gasteiger partial charge in [0.25, 0.3) is 0 Å². The predicted octanol–water partition coefficient (Wildman–Crippen LogP) is 2.69. The first-order chi connectivity index (χ1) is 6.91. The molecule has 82 valence electrons. The van der Waals surface area contributed by atoms with E-state index < -0.39 is 22.2 Å². The SMILES string of the molecule is CC(C)Nc1cc([N+](=O)[O-])c(F)cc1F. The zero-order chi connectivity index (χ0) is 11.6. The van der Waals surface area contributed by atoms with Crippen molar-refractivity contribution in [2.75, 3.05) is 5.32 Å². The maximum absolute atomic E-state index is 13.1. The summed E-state index contributed by atoms with van der Waals surface area (Å²) in [7, 11) is 0. The molecule has 15 heavy (non-hydrogen) atoms. The Kier molecular flexibility index (Phi) is 3.18. The standard InChI is InChI=1S/C9H10F2N2O2/c1-5(2)12-8-4-9(13(14)15)7(11)3-6(8)10/h3-5,12H,1-2H3. The topological polar surface area (TPSA) is 55.2 Å². The van der Waals surface area contributed by atoms with Crippen LogP contribution in [0.1, 0.15) is 13.8 Å². The van der Waals surface area contributed by atoms with Gasteiger partial charge in [-0.05, 0) is 13.8 Å². The highest BCUT2D eigenvalue weighted by molar-refractivity contribution is 5.53. The smallest absolute Gasteiger partial charge is 0.307 e. The third-order valence-electron chi connectivity index (χ3n) is 1.68. The van der Waals surface area contributed by atoms with E-state index in [0.29, 0.717) is 6.07 Å². The van der Waals surface area contributed by atoms with E-state index in [-0.39, 0.29) is 11.7 Å². The van der Waals surface area contributed by atoms with Gasteiger partial charge in [-0.3, -0.25) is 10.1 Å². The maximum Gasteiger partial charge on any atom is 0.307 e. The van der Waals surface area contributed by atoms with Crippen LogP contribution in [-0.4, -0.2) is 11.0 Å². The fraction of sp³-hybridized carbons (Fsp3) is 0.333. The van der Waals surface area contributed by atoms with Crippen molar-refractivity contribution in [3.63, 3.8) is 0 Å². The van der Waals surface area contributed by atoms with Crippen LogP contribution in [-0.2, 0) is 0 Å². The summed E-state index contributed by atoms with van der Waals surface area (Å²) in [4.78, 5) is 9.50. The Balaban J connectivity index is 3.17. The summed E-state index contributed by atoms with van der Waals surface area (Å²) in [6, 6.07) is 1.26. The normalized spacial score (nSPS) is 10.5. The van der Waals surface area contributed by atoms with Crippen LogP contribution in [0.3, 0.4) is 0 Å². The van der Waals surface area contributed by atoms with E-state index >= 15 is 0 Å². The van der Waals surface area contributed by atoms with Crippen molar-refractivity contribution in [2.45, 2.75) is 19.9 Å². The fourth-order valence-corrected chi connectivity index (χ4v) is 1.10. The number of rotatable bonds is 3. The molecule has 1 N–H and O–H groups in total. The van der Waals surface area contributed by atoms with E-state index in [9.17, 15) is 18.9 Å². The predicted molar refractivity (Wildman–Crippen MR) is 51.8 cm³/mol. The molecule has 1 aromatic carbocycles. The fourth-order valence-electron chi connectivity index (χ4n) is 1.10. The number of halogens is 2. The van der Waals surface area contributed by atoms with Gasteiger partial charge < -0.3 is 5.32 Å². The van der Waals surface area contributed by atoms with Gasteiger partial charge in [-0.1, -0.05) is 0 Å². The number of nitro benzene ring substituents is 1. The van der Waals surface area contributed by atoms with E-state index in [1.165, 1.54) is 0 Å². The summed E-state index contributed by atoms with van der Waals surface area (Å²) in [5, 5.41) is 13.0. The van der Waals surface area contributed by atoms with Crippen LogP contribution in [0.5, 0.6) is 0 Å². The first kappa shape index (κ1) is 11.4. The molecule has 1 aromatic rings. The molecule has 6 heteroatoms. The van der Waals surface area contributed by atoms with Crippen molar-refractivity contribution in [1.82, 2.24) is 0 Å². The number of hydrogen-bond acceptors (Lipinski definition) is 3. The highest BCUT2D eigenvalue weighted by atomic mass is 19.1. The number of nitrogens with zero attached hydrogens (tertiary/aromatic N) is 1. The number of anilines is 1. The van der Waals surface area contributed by atoms with Crippen LogP contribution in [0.25, 0.3) is 0 Å². The summed E-state index contributed by atoms with van der Waals surface area (Å²) >= 11 is 0. The van der Waals surface area contributed by atoms with Crippen molar-refractivity contribution in [3.05, 3.63) is 33.9 Å². The third-order valence-corrected chi connectivity index (χ3v) is 1.68. The lowest BCUT2D eigenvalue weighted by molar-refractivity contribution is -0.387. The zero-order valence-corrected chi connectivity index (χ0v) is 8.25. The van der Waals surface area contributed by atoms with Gasteiger partial charge in [-0.15, -0.1) is 0 Å². The van der Waals surface area contributed by atoms with Gasteiger partial charge in [-0.2, -0.15) is 4.39 Å². The minimum Gasteiger partial charge on any atom is -0.380 e. The van der Waals surface area contributed by atoms with Crippen LogP contribution in [0.4, 0.5) is 20.2 Å². The van der Waals surface area contributed by atoms with Crippen LogP contribution in [0.2, 0.25) is 0 Å². The minimum atomic E-state index is -1.17. The molecule has 1 rings (SSSR count). The Morgan fingerprint density at radius 1 is 1.33 bits per heavy atom. The molecule has 4 nitrogen and oxygen atoms in total. The van der Waals surface area contributed by atoms with E-state index in [1.807, 2.05) is 0 Å². The Morgan fingerprint density at radius 3 is 2.40 bits per heavy atom. The Hall–Kier alpha value is -1.72. The Labute approximate surface area is 85.1 Å². The van der Waals surface area contributed by atoms with Crippen LogP contribution in [0.15, 0.2) is 12.1 Å². The highest BCUT2D eigenvalue weighted by Crippen LogP contribution is 2.25. The molecule has 0 heterocycles. The highest BCUT2D eigenvalue weighted by Gasteiger charge is 2.18. The first-order valence-corrected chi connectivity index (χ1v) is 4.31. The van der Waals surface area contributed by atoms with E-state index in [4.69, 9.17) is 0 Å². The van der Waals surface area contributed by atoms with Gasteiger partial charge in [0.2, 0.25) is 5.82 Å². The van der Waals surface area contributed by atoms with Crippen molar-refractivity contribution >= 4 is 11.4 Å². The number of benzene rings is 1. The lowest BCUT2D eigenvalue weighted by atomic mass is 10.2. The van der Waals surface area contributed by atoms with Crippen LogP contribution in [0, 0.1) is 21.7 Å². The summed E-state index contributed by atoms with van der Waals surface area (Å²) in [6.45, 7) is 3.49. The lowest BCUT2D eigenvalue weighted by Crippen LogP contribution is -2.11. The van der Waals surface area contributed by atoms with Gasteiger partial charge in [0.15, 0.2) is 0 Å². The Bertz CT molecular complexity index is 394. The monoisotopic (exact) mass is 216 g/mol. The van der Waals surface area contributed by atoms with Crippen molar-refractivity contribution in [2.24, 2.45) is 0 Å². The second-order valence-electron chi connectivity index (χ2n) is 3.34. The van der Waals surface area contributed by atoms with Crippen LogP contribution < -0.4 is 5.32 Å². The van der Waals surface area contributed by atoms with Gasteiger partial charge in [0.1, 0.15) is 5.82 Å². The minimum absolute atomic E-state index is 0.0712. The average molecular weight is 216 g/mol. The number of nitro groups is 1. The summed E-state index contributed by atoms with van der Waals surface area (Å²) < 4.78 is 26.0. The van der Waals surface area contributed by atoms with Crippen molar-refractivity contribution in [3.8, 4) is 0 Å². The molecule has 0 spiro atoms. The lowest BCUT2D eigenvalue weighted by Gasteiger charge is -2.10. The molecule has 0 fully saturated rings. The zero-order valence-electron chi connectivity index (χ0n) is 8.25. The molecular formula is C9H10F2N2O2. The van der Waals surface area contributed by atoms with Gasteiger partial charge >= 0.3 is 5.69 Å². The molecule has 0 radical (unpaired) electrons. The third kappa shape index (κ3) is 2.61. The van der Waals surface area contributed by atoms with Gasteiger partial charge in [-0.25, -0.2) is 4.39 Å². The molecule has 0 aliphatic rings. The van der Waals surface area contributed by atoms with E-state index in [1.54, 1.807) is 13.8 Å². The first-order valence-electron chi connectivity index (χ1n) is 4.31. The molecule has 0 bridgehead atoms. The second-order valence-corrected chi connectivity index (χ2v) is 3.34. The molecule has 0 aliphatic carbocycles. The molecular weight excluding hydrogens is 206 g/mol. The summed E-state index contributed by atoms with van der Waals surface area (Å²) in [5.74, 6) is -2.02. The second kappa shape index (κ2) is 4.20. The van der Waals surface area contributed by atoms with Gasteiger partial charge in [0.05, 0.1) is 10.6 Å². The molecule has 0 aromatic heterocycles. The number of nitrogens with one attached hydrogen (secondary N) is 1. The molecule has 0 aliphatic heterocycles. The summed E-state index contributed by atoms with van der Waals surface area (Å²) in [6.07, 6.45) is 0. The Morgan fingerprint density at radius 2 is 1.93 bits per heavy atom. The summed E-state index contributed by atoms with van der Waals surface area (Å²) in [5.41, 5.74) is -0.808. The number of hydrogen-bond donors (Lipinski definition) is 1.